The lowest BCUT2D eigenvalue weighted by Gasteiger charge is -2.19. The zero-order valence-electron chi connectivity index (χ0n) is 15.0. The number of aryl methyl sites for hydroxylation is 1. The van der Waals surface area contributed by atoms with Crippen LogP contribution >= 0.6 is 0 Å². The third-order valence-corrected chi connectivity index (χ3v) is 3.95. The van der Waals surface area contributed by atoms with Crippen molar-refractivity contribution in [1.29, 1.82) is 0 Å². The van der Waals surface area contributed by atoms with Crippen molar-refractivity contribution in [2.75, 3.05) is 6.54 Å². The molecule has 0 aliphatic heterocycles. The standard InChI is InChI=1S/C19H21NO6/c1-19(2,3)26-18(23)20-10-16(21)24-11-7-8-13-12-5-4-6-14(12)17(22)25-15(13)9-11/h7-9H,4-6,10H2,1-3H3,(H,20,23). The first-order chi connectivity index (χ1) is 12.2. The third kappa shape index (κ3) is 4.04. The molecular weight excluding hydrogens is 338 g/mol. The summed E-state index contributed by atoms with van der Waals surface area (Å²) in [7, 11) is 0. The highest BCUT2D eigenvalue weighted by Crippen LogP contribution is 2.29. The van der Waals surface area contributed by atoms with Crippen molar-refractivity contribution in [2.24, 2.45) is 0 Å². The van der Waals surface area contributed by atoms with Gasteiger partial charge in [-0.1, -0.05) is 0 Å². The van der Waals surface area contributed by atoms with E-state index in [0.29, 0.717) is 5.58 Å². The highest BCUT2D eigenvalue weighted by atomic mass is 16.6. The average molecular weight is 359 g/mol. The Morgan fingerprint density at radius 1 is 1.19 bits per heavy atom. The average Bonchev–Trinajstić information content (AvgIpc) is 3.02. The molecule has 1 N–H and O–H groups in total. The lowest BCUT2D eigenvalue weighted by Crippen LogP contribution is -2.36. The number of amides is 1. The minimum absolute atomic E-state index is 0.245. The van der Waals surface area contributed by atoms with E-state index in [1.807, 2.05) is 0 Å². The van der Waals surface area contributed by atoms with Gasteiger partial charge < -0.3 is 19.2 Å². The van der Waals surface area contributed by atoms with Crippen molar-refractivity contribution in [3.8, 4) is 5.75 Å². The van der Waals surface area contributed by atoms with E-state index in [-0.39, 0.29) is 17.9 Å². The highest BCUT2D eigenvalue weighted by molar-refractivity contribution is 5.85. The fraction of sp³-hybridized carbons (Fsp3) is 0.421. The molecule has 0 bridgehead atoms. The number of carbonyl (C=O) groups excluding carboxylic acids is 2. The summed E-state index contributed by atoms with van der Waals surface area (Å²) in [5, 5.41) is 3.19. The molecular formula is C19H21NO6. The van der Waals surface area contributed by atoms with Crippen molar-refractivity contribution in [2.45, 2.75) is 45.6 Å². The predicted molar refractivity (Wildman–Crippen MR) is 94.4 cm³/mol. The summed E-state index contributed by atoms with van der Waals surface area (Å²) < 4.78 is 15.6. The fourth-order valence-corrected chi connectivity index (χ4v) is 2.95. The number of benzene rings is 1. The van der Waals surface area contributed by atoms with Crippen molar-refractivity contribution in [3.05, 3.63) is 39.7 Å². The lowest BCUT2D eigenvalue weighted by molar-refractivity contribution is -0.133. The maximum absolute atomic E-state index is 12.0. The van der Waals surface area contributed by atoms with Crippen LogP contribution in [0.3, 0.4) is 0 Å². The second-order valence-corrected chi connectivity index (χ2v) is 7.19. The van der Waals surface area contributed by atoms with E-state index in [4.69, 9.17) is 13.9 Å². The molecule has 1 aromatic heterocycles. The number of ether oxygens (including phenoxy) is 2. The van der Waals surface area contributed by atoms with Gasteiger partial charge >= 0.3 is 17.7 Å². The molecule has 1 amide bonds. The van der Waals surface area contributed by atoms with Crippen LogP contribution in [0.5, 0.6) is 5.75 Å². The van der Waals surface area contributed by atoms with Crippen molar-refractivity contribution in [3.63, 3.8) is 0 Å². The lowest BCUT2D eigenvalue weighted by atomic mass is 10.1. The number of rotatable bonds is 3. The van der Waals surface area contributed by atoms with Gasteiger partial charge in [0.15, 0.2) is 0 Å². The third-order valence-electron chi connectivity index (χ3n) is 3.95. The largest absolute Gasteiger partial charge is 0.444 e. The van der Waals surface area contributed by atoms with E-state index in [1.165, 1.54) is 6.07 Å². The number of alkyl carbamates (subject to hydrolysis) is 1. The maximum Gasteiger partial charge on any atom is 0.408 e. The van der Waals surface area contributed by atoms with E-state index in [9.17, 15) is 14.4 Å². The summed E-state index contributed by atoms with van der Waals surface area (Å²) in [4.78, 5) is 35.4. The number of hydrogen-bond acceptors (Lipinski definition) is 6. The summed E-state index contributed by atoms with van der Waals surface area (Å²) in [5.74, 6) is -0.409. The highest BCUT2D eigenvalue weighted by Gasteiger charge is 2.20. The van der Waals surface area contributed by atoms with E-state index in [2.05, 4.69) is 5.32 Å². The molecule has 7 heteroatoms. The van der Waals surface area contributed by atoms with Gasteiger partial charge in [0.25, 0.3) is 0 Å². The molecule has 0 atom stereocenters. The predicted octanol–water partition coefficient (Wildman–Crippen LogP) is 2.71. The van der Waals surface area contributed by atoms with Crippen LogP contribution in [0.1, 0.15) is 38.3 Å². The van der Waals surface area contributed by atoms with E-state index >= 15 is 0 Å². The van der Waals surface area contributed by atoms with Gasteiger partial charge in [-0.15, -0.1) is 0 Å². The summed E-state index contributed by atoms with van der Waals surface area (Å²) in [6.07, 6.45) is 1.82. The van der Waals surface area contributed by atoms with Crippen LogP contribution in [0.25, 0.3) is 11.0 Å². The van der Waals surface area contributed by atoms with Crippen LogP contribution in [0, 0.1) is 0 Å². The summed E-state index contributed by atoms with van der Waals surface area (Å²) in [5.41, 5.74) is 1.16. The second-order valence-electron chi connectivity index (χ2n) is 7.19. The summed E-state index contributed by atoms with van der Waals surface area (Å²) >= 11 is 0. The van der Waals surface area contributed by atoms with Crippen LogP contribution < -0.4 is 15.7 Å². The van der Waals surface area contributed by atoms with Crippen molar-refractivity contribution < 1.29 is 23.5 Å². The molecule has 1 aliphatic rings. The number of esters is 1. The maximum atomic E-state index is 12.0. The molecule has 2 aromatic rings. The van der Waals surface area contributed by atoms with Crippen LogP contribution in [0.2, 0.25) is 0 Å². The normalized spacial score (nSPS) is 13.3. The molecule has 26 heavy (non-hydrogen) atoms. The van der Waals surface area contributed by atoms with Gasteiger partial charge in [-0.2, -0.15) is 0 Å². The van der Waals surface area contributed by atoms with Gasteiger partial charge in [0.05, 0.1) is 0 Å². The Labute approximate surface area is 150 Å². The smallest absolute Gasteiger partial charge is 0.408 e. The minimum Gasteiger partial charge on any atom is -0.444 e. The van der Waals surface area contributed by atoms with Gasteiger partial charge in [0.2, 0.25) is 0 Å². The SMILES string of the molecule is CC(C)(C)OC(=O)NCC(=O)Oc1ccc2c3c(c(=O)oc2c1)CCC3. The van der Waals surface area contributed by atoms with Gasteiger partial charge in [-0.25, -0.2) is 14.4 Å². The van der Waals surface area contributed by atoms with Gasteiger partial charge in [0.1, 0.15) is 23.5 Å². The zero-order valence-corrected chi connectivity index (χ0v) is 15.0. The molecule has 0 saturated heterocycles. The summed E-state index contributed by atoms with van der Waals surface area (Å²) in [6.45, 7) is 4.85. The minimum atomic E-state index is -0.700. The first kappa shape index (κ1) is 18.0. The molecule has 3 rings (SSSR count). The van der Waals surface area contributed by atoms with Crippen LogP contribution in [0.15, 0.2) is 27.4 Å². The Morgan fingerprint density at radius 3 is 2.65 bits per heavy atom. The first-order valence-corrected chi connectivity index (χ1v) is 8.49. The van der Waals surface area contributed by atoms with Crippen LogP contribution in [-0.2, 0) is 22.4 Å². The molecule has 0 fully saturated rings. The van der Waals surface area contributed by atoms with E-state index in [0.717, 1.165) is 35.8 Å². The Hall–Kier alpha value is -2.83. The Morgan fingerprint density at radius 2 is 1.92 bits per heavy atom. The molecule has 0 radical (unpaired) electrons. The Kier molecular flexibility index (Phi) is 4.71. The van der Waals surface area contributed by atoms with Gasteiger partial charge in [-0.3, -0.25) is 0 Å². The van der Waals surface area contributed by atoms with E-state index in [1.54, 1.807) is 32.9 Å². The quantitative estimate of drug-likeness (QED) is 0.514. The molecule has 0 spiro atoms. The van der Waals surface area contributed by atoms with Gasteiger partial charge in [-0.05, 0) is 57.7 Å². The molecule has 0 saturated carbocycles. The number of hydrogen-bond donors (Lipinski definition) is 1. The zero-order chi connectivity index (χ0) is 18.9. The molecule has 7 nitrogen and oxygen atoms in total. The van der Waals surface area contributed by atoms with E-state index < -0.39 is 17.7 Å². The number of nitrogens with one attached hydrogen (secondary N) is 1. The molecule has 1 aliphatic carbocycles. The van der Waals surface area contributed by atoms with Crippen molar-refractivity contribution >= 4 is 23.0 Å². The second kappa shape index (κ2) is 6.82. The number of fused-ring (bicyclic) bond motifs is 3. The van der Waals surface area contributed by atoms with Crippen LogP contribution in [0.4, 0.5) is 4.79 Å². The monoisotopic (exact) mass is 359 g/mol. The fourth-order valence-electron chi connectivity index (χ4n) is 2.95. The summed E-state index contributed by atoms with van der Waals surface area (Å²) in [6, 6.07) is 4.94. The Bertz CT molecular complexity index is 922. The van der Waals surface area contributed by atoms with Crippen molar-refractivity contribution in [1.82, 2.24) is 5.32 Å². The van der Waals surface area contributed by atoms with Gasteiger partial charge in [0, 0.05) is 17.0 Å². The topological polar surface area (TPSA) is 94.8 Å². The van der Waals surface area contributed by atoms with Crippen LogP contribution in [-0.4, -0.2) is 24.2 Å². The Balaban J connectivity index is 1.68. The molecule has 138 valence electrons. The number of carbonyl (C=O) groups is 2. The molecule has 0 unspecified atom stereocenters. The first-order valence-electron chi connectivity index (χ1n) is 8.49. The molecule has 1 heterocycles. The molecule has 1 aromatic carbocycles.